The normalized spacial score (nSPS) is 13.6. The molecule has 3 aromatic rings. The van der Waals surface area contributed by atoms with E-state index >= 15 is 0 Å². The molecule has 1 atom stereocenters. The Morgan fingerprint density at radius 1 is 1.07 bits per heavy atom. The molecule has 3 N–H and O–H groups in total. The van der Waals surface area contributed by atoms with Crippen LogP contribution in [0.1, 0.15) is 62.1 Å². The van der Waals surface area contributed by atoms with Crippen LogP contribution in [0.15, 0.2) is 16.1 Å². The van der Waals surface area contributed by atoms with Gasteiger partial charge >= 0.3 is 6.09 Å². The number of nitrogens with one attached hydrogen (secondary N) is 1. The summed E-state index contributed by atoms with van der Waals surface area (Å²) >= 11 is 4.46. The molecule has 3 rings (SSSR count). The van der Waals surface area contributed by atoms with Gasteiger partial charge in [-0.25, -0.2) is 19.7 Å². The number of carbonyl (C=O) groups excluding carboxylic acids is 1. The number of rotatable bonds is 13. The summed E-state index contributed by atoms with van der Waals surface area (Å²) in [5.41, 5.74) is 8.58. The number of hydrogen-bond acceptors (Lipinski definition) is 11. The minimum absolute atomic E-state index is 0.132. The lowest BCUT2D eigenvalue weighted by Crippen LogP contribution is -2.36. The quantitative estimate of drug-likeness (QED) is 0.116. The zero-order chi connectivity index (χ0) is 29.5. The van der Waals surface area contributed by atoms with E-state index < -0.39 is 19.8 Å². The van der Waals surface area contributed by atoms with Gasteiger partial charge in [0.25, 0.3) is 0 Å². The average molecular weight is 624 g/mol. The fraction of sp³-hybridized carbons (Fsp3) is 0.556. The van der Waals surface area contributed by atoms with Crippen LogP contribution in [0.5, 0.6) is 0 Å². The molecule has 0 aromatic carbocycles. The van der Waals surface area contributed by atoms with Crippen molar-refractivity contribution in [3.05, 3.63) is 37.5 Å². The van der Waals surface area contributed by atoms with E-state index in [0.717, 1.165) is 39.1 Å². The van der Waals surface area contributed by atoms with Crippen molar-refractivity contribution < 1.29 is 19.0 Å². The Labute approximate surface area is 250 Å². The predicted octanol–water partition coefficient (Wildman–Crippen LogP) is 7.23. The van der Waals surface area contributed by atoms with Gasteiger partial charge < -0.3 is 25.3 Å². The first-order valence-corrected chi connectivity index (χ1v) is 19.5. The second kappa shape index (κ2) is 14.1. The molecule has 40 heavy (non-hydrogen) atoms. The molecule has 0 saturated heterocycles. The van der Waals surface area contributed by atoms with E-state index in [1.54, 1.807) is 0 Å². The zero-order valence-electron chi connectivity index (χ0n) is 24.6. The molecule has 220 valence electrons. The first-order chi connectivity index (χ1) is 18.7. The van der Waals surface area contributed by atoms with Crippen LogP contribution in [0, 0.1) is 5.92 Å². The lowest BCUT2D eigenvalue weighted by Gasteiger charge is -2.24. The van der Waals surface area contributed by atoms with Gasteiger partial charge in [-0.15, -0.1) is 34.0 Å². The molecule has 0 bridgehead atoms. The second-order valence-electron chi connectivity index (χ2n) is 11.9. The average Bonchev–Trinajstić information content (AvgIpc) is 3.58. The van der Waals surface area contributed by atoms with Crippen molar-refractivity contribution in [1.82, 2.24) is 20.3 Å². The number of aromatic nitrogens is 3. The second-order valence-corrected chi connectivity index (χ2v) is 20.2. The fourth-order valence-electron chi connectivity index (χ4n) is 3.31. The molecule has 0 unspecified atom stereocenters. The number of ether oxygens (including phenoxy) is 3. The largest absolute Gasteiger partial charge is 0.444 e. The van der Waals surface area contributed by atoms with Gasteiger partial charge in [-0.05, 0) is 38.8 Å². The van der Waals surface area contributed by atoms with Crippen LogP contribution in [0.25, 0.3) is 22.5 Å². The van der Waals surface area contributed by atoms with Gasteiger partial charge in [0.2, 0.25) is 0 Å². The zero-order valence-corrected chi connectivity index (χ0v) is 28.0. The molecule has 0 spiro atoms. The van der Waals surface area contributed by atoms with E-state index in [-0.39, 0.29) is 18.8 Å². The number of alkyl carbamates (subject to hydrolysis) is 1. The fourth-order valence-corrected chi connectivity index (χ4v) is 6.69. The molecule has 0 aliphatic heterocycles. The van der Waals surface area contributed by atoms with E-state index in [9.17, 15) is 4.79 Å². The highest BCUT2D eigenvalue weighted by molar-refractivity contribution is 7.14. The van der Waals surface area contributed by atoms with Crippen molar-refractivity contribution in [1.29, 1.82) is 0 Å². The van der Waals surface area contributed by atoms with Gasteiger partial charge in [-0.2, -0.15) is 0 Å². The Kier molecular flexibility index (Phi) is 11.4. The van der Waals surface area contributed by atoms with Gasteiger partial charge in [-0.3, -0.25) is 0 Å². The summed E-state index contributed by atoms with van der Waals surface area (Å²) < 4.78 is 16.6. The van der Waals surface area contributed by atoms with Crippen LogP contribution < -0.4 is 11.1 Å². The number of amides is 1. The molecular weight excluding hydrogens is 583 g/mol. The van der Waals surface area contributed by atoms with Gasteiger partial charge in [0, 0.05) is 30.8 Å². The van der Waals surface area contributed by atoms with E-state index in [1.165, 1.54) is 34.0 Å². The smallest absolute Gasteiger partial charge is 0.408 e. The molecular formula is C27H41N5O4S3Si. The first kappa shape index (κ1) is 32.4. The van der Waals surface area contributed by atoms with Crippen LogP contribution in [0.4, 0.5) is 4.79 Å². The summed E-state index contributed by atoms with van der Waals surface area (Å²) in [5, 5.41) is 11.1. The molecule has 9 nitrogen and oxygen atoms in total. The maximum atomic E-state index is 12.4. The third-order valence-electron chi connectivity index (χ3n) is 5.41. The topological polar surface area (TPSA) is 121 Å². The number of hydrogen-bond donors (Lipinski definition) is 2. The van der Waals surface area contributed by atoms with Crippen LogP contribution in [-0.2, 0) is 20.8 Å². The summed E-state index contributed by atoms with van der Waals surface area (Å²) in [6.07, 6.45) is 1.36. The molecule has 13 heteroatoms. The number of nitrogens with zero attached hydrogens (tertiary/aromatic N) is 3. The number of carbonyl (C=O) groups is 1. The Balaban J connectivity index is 1.58. The predicted molar refractivity (Wildman–Crippen MR) is 168 cm³/mol. The van der Waals surface area contributed by atoms with Crippen LogP contribution in [-0.4, -0.2) is 48.1 Å². The van der Waals surface area contributed by atoms with Crippen LogP contribution in [0.3, 0.4) is 0 Å². The molecule has 0 radical (unpaired) electrons. The summed E-state index contributed by atoms with van der Waals surface area (Å²) in [6.45, 7) is 18.0. The summed E-state index contributed by atoms with van der Waals surface area (Å²) in [5.74, 6) is 0.132. The van der Waals surface area contributed by atoms with Crippen molar-refractivity contribution in [3.63, 3.8) is 0 Å². The maximum Gasteiger partial charge on any atom is 0.408 e. The maximum absolute atomic E-state index is 12.4. The van der Waals surface area contributed by atoms with E-state index in [0.29, 0.717) is 18.0 Å². The molecule has 0 aliphatic carbocycles. The number of nitrogens with two attached hydrogens (primary N) is 1. The first-order valence-electron chi connectivity index (χ1n) is 13.2. The van der Waals surface area contributed by atoms with Crippen molar-refractivity contribution in [2.24, 2.45) is 11.7 Å². The van der Waals surface area contributed by atoms with Gasteiger partial charge in [0.05, 0.1) is 29.7 Å². The molecule has 0 aliphatic rings. The SMILES string of the molecule is CC(C)[C@H](NC(=O)OC(C)(C)C)c1nc(-c2nc(/C(N)=C/c3nc(COCOCC[Si](C)(C)C)cs3)cs2)cs1. The van der Waals surface area contributed by atoms with E-state index in [4.69, 9.17) is 29.9 Å². The van der Waals surface area contributed by atoms with Crippen LogP contribution in [0.2, 0.25) is 25.7 Å². The summed E-state index contributed by atoms with van der Waals surface area (Å²) in [4.78, 5) is 26.4. The van der Waals surface area contributed by atoms with Gasteiger partial charge in [0.15, 0.2) is 0 Å². The van der Waals surface area contributed by atoms with Crippen LogP contribution >= 0.6 is 34.0 Å². The monoisotopic (exact) mass is 623 g/mol. The van der Waals surface area contributed by atoms with E-state index in [2.05, 4.69) is 29.9 Å². The minimum atomic E-state index is -1.09. The lowest BCUT2D eigenvalue weighted by molar-refractivity contribution is -0.0581. The highest BCUT2D eigenvalue weighted by Gasteiger charge is 2.25. The van der Waals surface area contributed by atoms with Gasteiger partial charge in [-0.1, -0.05) is 33.5 Å². The standard InChI is InChI=1S/C27H41N5O4S3Si/c1-17(2)23(32-26(33)36-27(3,4)5)25-31-21(15-39-25)24-30-20(14-38-24)19(28)11-22-29-18(13-37-22)12-35-16-34-9-10-40(6,7)8/h11,13-15,17,23H,9-10,12,16,28H2,1-8H3,(H,32,33)/b19-11-/t23-/m0/s1. The summed E-state index contributed by atoms with van der Waals surface area (Å²) in [7, 11) is -1.09. The van der Waals surface area contributed by atoms with Crippen molar-refractivity contribution in [2.45, 2.75) is 78.6 Å². The van der Waals surface area contributed by atoms with E-state index in [1.807, 2.05) is 56.8 Å². The lowest BCUT2D eigenvalue weighted by atomic mass is 10.1. The van der Waals surface area contributed by atoms with Crippen molar-refractivity contribution in [2.75, 3.05) is 13.4 Å². The van der Waals surface area contributed by atoms with Crippen molar-refractivity contribution in [3.8, 4) is 10.7 Å². The Hall–Kier alpha value is -2.16. The minimum Gasteiger partial charge on any atom is -0.444 e. The third-order valence-corrected chi connectivity index (χ3v) is 9.74. The Morgan fingerprint density at radius 3 is 2.50 bits per heavy atom. The van der Waals surface area contributed by atoms with Gasteiger partial charge in [0.1, 0.15) is 33.1 Å². The summed E-state index contributed by atoms with van der Waals surface area (Å²) in [6, 6.07) is 0.852. The molecule has 3 heterocycles. The molecule has 0 fully saturated rings. The number of thiazole rings is 3. The highest BCUT2D eigenvalue weighted by Crippen LogP contribution is 2.32. The highest BCUT2D eigenvalue weighted by atomic mass is 32.1. The Bertz CT molecular complexity index is 1270. The molecule has 3 aromatic heterocycles. The molecule has 1 amide bonds. The third kappa shape index (κ3) is 10.7. The van der Waals surface area contributed by atoms with Crippen molar-refractivity contribution >= 4 is 60.0 Å². The molecule has 0 saturated carbocycles. The Morgan fingerprint density at radius 2 is 1.82 bits per heavy atom.